The number of rotatable bonds is 5. The topological polar surface area (TPSA) is 67.9 Å². The van der Waals surface area contributed by atoms with Crippen LogP contribution in [0.15, 0.2) is 70.1 Å². The minimum absolute atomic E-state index is 0.119. The fraction of sp³-hybridized carbons (Fsp3) is 0.0909. The van der Waals surface area contributed by atoms with Crippen molar-refractivity contribution < 1.29 is 14.3 Å². The summed E-state index contributed by atoms with van der Waals surface area (Å²) in [6.45, 7) is 2.57. The van der Waals surface area contributed by atoms with E-state index < -0.39 is 0 Å². The number of nitrogens with zero attached hydrogens (tertiary/aromatic N) is 2. The van der Waals surface area contributed by atoms with Crippen LogP contribution in [0.4, 0.5) is 5.69 Å². The molecule has 0 saturated carbocycles. The quantitative estimate of drug-likeness (QED) is 0.423. The lowest BCUT2D eigenvalue weighted by Gasteiger charge is -2.02. The fourth-order valence-electron chi connectivity index (χ4n) is 2.75. The second-order valence-corrected chi connectivity index (χ2v) is 6.53. The molecule has 3 aromatic carbocycles. The summed E-state index contributed by atoms with van der Waals surface area (Å²) in [6, 6.07) is 17.9. The third-order valence-electron chi connectivity index (χ3n) is 4.13. The maximum atomic E-state index is 9.88. The predicted octanol–water partition coefficient (Wildman–Crippen LogP) is 6.00. The Kier molecular flexibility index (Phi) is 5.00. The third-order valence-corrected chi connectivity index (χ3v) is 4.36. The zero-order valence-electron chi connectivity index (χ0n) is 15.1. The van der Waals surface area contributed by atoms with Gasteiger partial charge in [-0.1, -0.05) is 11.6 Å². The molecular formula is C22H17ClN2O3. The summed E-state index contributed by atoms with van der Waals surface area (Å²) in [4.78, 5) is 8.95. The maximum Gasteiger partial charge on any atom is 0.227 e. The molecule has 0 aliphatic rings. The first-order valence-corrected chi connectivity index (χ1v) is 9.16. The largest absolute Gasteiger partial charge is 0.507 e. The lowest BCUT2D eigenvalue weighted by atomic mass is 10.2. The SMILES string of the molecule is CCOc1ccc(-c2nc3cc(N=Cc4cc(Cl)ccc4O)ccc3o2)cc1. The van der Waals surface area contributed by atoms with Gasteiger partial charge >= 0.3 is 0 Å². The lowest BCUT2D eigenvalue weighted by Crippen LogP contribution is -1.90. The Morgan fingerprint density at radius 2 is 1.93 bits per heavy atom. The number of halogens is 1. The number of aliphatic imine (C=N–C) groups is 1. The first-order valence-electron chi connectivity index (χ1n) is 8.79. The smallest absolute Gasteiger partial charge is 0.227 e. The normalized spacial score (nSPS) is 11.4. The average molecular weight is 393 g/mol. The Morgan fingerprint density at radius 1 is 1.11 bits per heavy atom. The van der Waals surface area contributed by atoms with Gasteiger partial charge < -0.3 is 14.3 Å². The molecule has 28 heavy (non-hydrogen) atoms. The molecule has 0 spiro atoms. The van der Waals surface area contributed by atoms with Crippen LogP contribution in [0, 0.1) is 0 Å². The Labute approximate surface area is 166 Å². The zero-order chi connectivity index (χ0) is 19.5. The van der Waals surface area contributed by atoms with E-state index in [1.807, 2.05) is 49.4 Å². The highest BCUT2D eigenvalue weighted by Crippen LogP contribution is 2.28. The zero-order valence-corrected chi connectivity index (χ0v) is 15.8. The summed E-state index contributed by atoms with van der Waals surface area (Å²) in [5.74, 6) is 1.46. The number of phenolic OH excluding ortho intramolecular Hbond substituents is 1. The maximum absolute atomic E-state index is 9.88. The molecule has 1 N–H and O–H groups in total. The number of aromatic nitrogens is 1. The molecular weight excluding hydrogens is 376 g/mol. The molecule has 0 radical (unpaired) electrons. The van der Waals surface area contributed by atoms with Gasteiger partial charge in [-0.15, -0.1) is 0 Å². The van der Waals surface area contributed by atoms with Gasteiger partial charge in [-0.2, -0.15) is 0 Å². The number of fused-ring (bicyclic) bond motifs is 1. The van der Waals surface area contributed by atoms with Crippen LogP contribution in [0.1, 0.15) is 12.5 Å². The lowest BCUT2D eigenvalue weighted by molar-refractivity contribution is 0.340. The Balaban J connectivity index is 1.61. The predicted molar refractivity (Wildman–Crippen MR) is 111 cm³/mol. The average Bonchev–Trinajstić information content (AvgIpc) is 3.13. The fourth-order valence-corrected chi connectivity index (χ4v) is 2.93. The van der Waals surface area contributed by atoms with Crippen LogP contribution >= 0.6 is 11.6 Å². The summed E-state index contributed by atoms with van der Waals surface area (Å²) in [5.41, 5.74) is 3.48. The second-order valence-electron chi connectivity index (χ2n) is 6.09. The van der Waals surface area contributed by atoms with Crippen LogP contribution in [0.25, 0.3) is 22.6 Å². The van der Waals surface area contributed by atoms with Crippen molar-refractivity contribution in [1.29, 1.82) is 0 Å². The molecule has 0 atom stereocenters. The molecule has 0 aliphatic carbocycles. The molecule has 0 saturated heterocycles. The van der Waals surface area contributed by atoms with Gasteiger partial charge in [0.05, 0.1) is 12.3 Å². The van der Waals surface area contributed by atoms with E-state index in [2.05, 4.69) is 9.98 Å². The van der Waals surface area contributed by atoms with Crippen molar-refractivity contribution in [1.82, 2.24) is 4.98 Å². The van der Waals surface area contributed by atoms with Gasteiger partial charge in [0, 0.05) is 22.4 Å². The first kappa shape index (κ1) is 18.1. The van der Waals surface area contributed by atoms with E-state index in [1.54, 1.807) is 18.3 Å². The number of benzene rings is 3. The molecule has 0 unspecified atom stereocenters. The summed E-state index contributed by atoms with van der Waals surface area (Å²) in [5, 5.41) is 10.4. The molecule has 6 heteroatoms. The number of phenols is 1. The number of hydrogen-bond donors (Lipinski definition) is 1. The van der Waals surface area contributed by atoms with Crippen molar-refractivity contribution in [3.8, 4) is 23.0 Å². The van der Waals surface area contributed by atoms with Crippen LogP contribution in [-0.2, 0) is 0 Å². The van der Waals surface area contributed by atoms with Crippen LogP contribution in [0.3, 0.4) is 0 Å². The van der Waals surface area contributed by atoms with Gasteiger partial charge in [0.2, 0.25) is 5.89 Å². The summed E-state index contributed by atoms with van der Waals surface area (Å²) in [7, 11) is 0. The van der Waals surface area contributed by atoms with Crippen LogP contribution < -0.4 is 4.74 Å². The second kappa shape index (κ2) is 7.74. The van der Waals surface area contributed by atoms with E-state index >= 15 is 0 Å². The Morgan fingerprint density at radius 3 is 2.71 bits per heavy atom. The van der Waals surface area contributed by atoms with Gasteiger partial charge in [0.25, 0.3) is 0 Å². The third kappa shape index (κ3) is 3.85. The molecule has 1 aromatic heterocycles. The highest BCUT2D eigenvalue weighted by molar-refractivity contribution is 6.30. The van der Waals surface area contributed by atoms with E-state index in [0.29, 0.717) is 39.9 Å². The van der Waals surface area contributed by atoms with Gasteiger partial charge in [0.1, 0.15) is 17.0 Å². The molecule has 0 aliphatic heterocycles. The van der Waals surface area contributed by atoms with Crippen molar-refractivity contribution in [2.75, 3.05) is 6.61 Å². The van der Waals surface area contributed by atoms with Crippen molar-refractivity contribution in [3.05, 3.63) is 71.2 Å². The Hall–Kier alpha value is -3.31. The highest BCUT2D eigenvalue weighted by atomic mass is 35.5. The van der Waals surface area contributed by atoms with E-state index in [9.17, 15) is 5.11 Å². The van der Waals surface area contributed by atoms with Crippen molar-refractivity contribution in [2.24, 2.45) is 4.99 Å². The van der Waals surface area contributed by atoms with E-state index in [4.69, 9.17) is 20.8 Å². The van der Waals surface area contributed by atoms with Gasteiger partial charge in [-0.3, -0.25) is 4.99 Å². The van der Waals surface area contributed by atoms with Crippen LogP contribution in [-0.4, -0.2) is 22.9 Å². The van der Waals surface area contributed by atoms with Crippen LogP contribution in [0.5, 0.6) is 11.5 Å². The van der Waals surface area contributed by atoms with Crippen molar-refractivity contribution in [2.45, 2.75) is 6.92 Å². The molecule has 4 aromatic rings. The number of hydrogen-bond acceptors (Lipinski definition) is 5. The van der Waals surface area contributed by atoms with Gasteiger partial charge in [-0.05, 0) is 67.6 Å². The number of oxazole rings is 1. The summed E-state index contributed by atoms with van der Waals surface area (Å²) in [6.07, 6.45) is 1.57. The minimum Gasteiger partial charge on any atom is -0.507 e. The van der Waals surface area contributed by atoms with E-state index in [1.165, 1.54) is 6.07 Å². The standard InChI is InChI=1S/C22H17ClN2O3/c1-2-27-18-7-3-14(4-8-18)22-25-19-12-17(6-10-21(19)28-22)24-13-15-11-16(23)5-9-20(15)26/h3-13,26H,2H2,1H3. The summed E-state index contributed by atoms with van der Waals surface area (Å²) < 4.78 is 11.3. The molecule has 1 heterocycles. The van der Waals surface area contributed by atoms with Crippen LogP contribution in [0.2, 0.25) is 5.02 Å². The monoisotopic (exact) mass is 392 g/mol. The van der Waals surface area contributed by atoms with E-state index in [0.717, 1.165) is 11.3 Å². The van der Waals surface area contributed by atoms with Gasteiger partial charge in [0.15, 0.2) is 5.58 Å². The Bertz CT molecular complexity index is 1150. The molecule has 4 rings (SSSR count). The first-order chi connectivity index (χ1) is 13.6. The molecule has 0 fully saturated rings. The summed E-state index contributed by atoms with van der Waals surface area (Å²) >= 11 is 5.96. The molecule has 0 bridgehead atoms. The molecule has 140 valence electrons. The van der Waals surface area contributed by atoms with Gasteiger partial charge in [-0.25, -0.2) is 4.98 Å². The van der Waals surface area contributed by atoms with E-state index in [-0.39, 0.29) is 5.75 Å². The van der Waals surface area contributed by atoms with Crippen molar-refractivity contribution >= 4 is 34.6 Å². The minimum atomic E-state index is 0.119. The number of ether oxygens (including phenoxy) is 1. The molecule has 5 nitrogen and oxygen atoms in total. The number of aromatic hydroxyl groups is 1. The molecule has 0 amide bonds. The van der Waals surface area contributed by atoms with Crippen molar-refractivity contribution in [3.63, 3.8) is 0 Å². The highest BCUT2D eigenvalue weighted by Gasteiger charge is 2.09.